The molecule has 2 aromatic rings. The minimum Gasteiger partial charge on any atom is -0.461 e. The third kappa shape index (κ3) is 23.4. The SMILES string of the molecule is CC(C)(C)OC(=O)CNC(=O)C(CCC(=O)NC(CCC(=O)OCc1ccccc1)C(=O)OCc1ccccc1)NC(=O)C(CCCCNC(=O)OC(C)(C)C)NC(=O)CO. The highest BCUT2D eigenvalue weighted by molar-refractivity contribution is 5.93. The molecule has 6 N–H and O–H groups in total. The highest BCUT2D eigenvalue weighted by Crippen LogP contribution is 2.11. The number of amides is 5. The Labute approximate surface area is 356 Å². The monoisotopic (exact) mass is 855 g/mol. The van der Waals surface area contributed by atoms with Crippen molar-refractivity contribution in [2.45, 2.75) is 129 Å². The quantitative estimate of drug-likeness (QED) is 0.0505. The molecule has 336 valence electrons. The van der Waals surface area contributed by atoms with E-state index in [1.54, 1.807) is 96.1 Å². The predicted molar refractivity (Wildman–Crippen MR) is 221 cm³/mol. The van der Waals surface area contributed by atoms with Gasteiger partial charge in [-0.3, -0.25) is 28.8 Å². The fourth-order valence-electron chi connectivity index (χ4n) is 5.38. The van der Waals surface area contributed by atoms with Crippen molar-refractivity contribution in [3.05, 3.63) is 71.8 Å². The van der Waals surface area contributed by atoms with Crippen molar-refractivity contribution in [1.82, 2.24) is 26.6 Å². The smallest absolute Gasteiger partial charge is 0.407 e. The van der Waals surface area contributed by atoms with Gasteiger partial charge in [0.05, 0.1) is 0 Å². The number of esters is 3. The van der Waals surface area contributed by atoms with Crippen molar-refractivity contribution in [2.75, 3.05) is 19.7 Å². The topological polar surface area (TPSA) is 254 Å². The molecule has 0 aromatic heterocycles. The molecule has 3 unspecified atom stereocenters. The first kappa shape index (κ1) is 51.1. The Morgan fingerprint density at radius 3 is 1.69 bits per heavy atom. The standard InChI is InChI=1S/C43H61N5O13/c1-42(2,3)60-37(53)25-45-38(54)32(48-39(55)31(46-35(51)26-49)19-13-14-24-44-41(57)61-43(4,5)6)20-22-34(50)47-33(40(56)59-28-30-17-11-8-12-18-30)21-23-36(52)58-27-29-15-9-7-10-16-29/h7-12,15-18,31-33,49H,13-14,19-28H2,1-6H3,(H,44,57)(H,45,54)(H,46,51)(H,47,50)(H,48,55). The van der Waals surface area contributed by atoms with E-state index in [4.69, 9.17) is 18.9 Å². The number of rotatable bonds is 24. The highest BCUT2D eigenvalue weighted by atomic mass is 16.6. The van der Waals surface area contributed by atoms with Gasteiger partial charge in [-0.1, -0.05) is 60.7 Å². The molecule has 2 rings (SSSR count). The van der Waals surface area contributed by atoms with Crippen LogP contribution in [0.1, 0.15) is 97.6 Å². The lowest BCUT2D eigenvalue weighted by Crippen LogP contribution is -2.55. The normalized spacial score (nSPS) is 12.6. The molecule has 5 amide bonds. The van der Waals surface area contributed by atoms with E-state index in [1.807, 2.05) is 6.07 Å². The van der Waals surface area contributed by atoms with Gasteiger partial charge in [0.25, 0.3) is 0 Å². The number of alkyl carbamates (subject to hydrolysis) is 1. The molecule has 0 fully saturated rings. The zero-order chi connectivity index (χ0) is 45.4. The average molecular weight is 856 g/mol. The van der Waals surface area contributed by atoms with Crippen LogP contribution < -0.4 is 26.6 Å². The summed E-state index contributed by atoms with van der Waals surface area (Å²) in [7, 11) is 0. The maximum absolute atomic E-state index is 13.6. The van der Waals surface area contributed by atoms with Crippen LogP contribution in [-0.2, 0) is 65.7 Å². The summed E-state index contributed by atoms with van der Waals surface area (Å²) >= 11 is 0. The fraction of sp³-hybridized carbons (Fsp3) is 0.535. The first-order valence-corrected chi connectivity index (χ1v) is 20.1. The van der Waals surface area contributed by atoms with Gasteiger partial charge in [-0.05, 0) is 84.8 Å². The lowest BCUT2D eigenvalue weighted by molar-refractivity contribution is -0.154. The molecular weight excluding hydrogens is 794 g/mol. The Morgan fingerprint density at radius 1 is 0.574 bits per heavy atom. The van der Waals surface area contributed by atoms with Gasteiger partial charge in [-0.2, -0.15) is 0 Å². The van der Waals surface area contributed by atoms with Crippen LogP contribution in [0.3, 0.4) is 0 Å². The van der Waals surface area contributed by atoms with Crippen molar-refractivity contribution in [3.8, 4) is 0 Å². The van der Waals surface area contributed by atoms with Crippen molar-refractivity contribution in [2.24, 2.45) is 0 Å². The minimum atomic E-state index is -1.44. The van der Waals surface area contributed by atoms with Crippen LogP contribution in [-0.4, -0.2) is 102 Å². The molecule has 0 spiro atoms. The lowest BCUT2D eigenvalue weighted by Gasteiger charge is -2.24. The minimum absolute atomic E-state index is 0.00803. The number of aliphatic hydroxyl groups is 1. The number of nitrogens with one attached hydrogen (secondary N) is 5. The molecule has 61 heavy (non-hydrogen) atoms. The van der Waals surface area contributed by atoms with E-state index >= 15 is 0 Å². The molecule has 0 aliphatic heterocycles. The largest absolute Gasteiger partial charge is 0.461 e. The molecule has 0 saturated carbocycles. The summed E-state index contributed by atoms with van der Waals surface area (Å²) in [6.07, 6.45) is -1.13. The van der Waals surface area contributed by atoms with E-state index in [2.05, 4.69) is 26.6 Å². The van der Waals surface area contributed by atoms with Crippen molar-refractivity contribution in [1.29, 1.82) is 0 Å². The molecule has 0 radical (unpaired) electrons. The van der Waals surface area contributed by atoms with Crippen molar-refractivity contribution in [3.63, 3.8) is 0 Å². The lowest BCUT2D eigenvalue weighted by atomic mass is 10.1. The van der Waals surface area contributed by atoms with Crippen molar-refractivity contribution < 1.29 is 62.4 Å². The molecule has 0 aliphatic rings. The number of unbranched alkanes of at least 4 members (excludes halogenated alkanes) is 1. The Balaban J connectivity index is 2.18. The van der Waals surface area contributed by atoms with Gasteiger partial charge >= 0.3 is 24.0 Å². The van der Waals surface area contributed by atoms with Gasteiger partial charge in [-0.25, -0.2) is 9.59 Å². The van der Waals surface area contributed by atoms with Crippen molar-refractivity contribution >= 4 is 47.6 Å². The maximum Gasteiger partial charge on any atom is 0.407 e. The van der Waals surface area contributed by atoms with Crippen LogP contribution >= 0.6 is 0 Å². The summed E-state index contributed by atoms with van der Waals surface area (Å²) in [5, 5.41) is 21.8. The molecule has 0 heterocycles. The summed E-state index contributed by atoms with van der Waals surface area (Å²) in [5.41, 5.74) is -0.113. The summed E-state index contributed by atoms with van der Waals surface area (Å²) in [5.74, 6) is -5.51. The number of hydrogen-bond acceptors (Lipinski definition) is 13. The van der Waals surface area contributed by atoms with E-state index in [0.29, 0.717) is 18.4 Å². The first-order valence-electron chi connectivity index (χ1n) is 20.1. The highest BCUT2D eigenvalue weighted by Gasteiger charge is 2.30. The number of carbonyl (C=O) groups excluding carboxylic acids is 8. The fourth-order valence-corrected chi connectivity index (χ4v) is 5.38. The zero-order valence-corrected chi connectivity index (χ0v) is 35.8. The van der Waals surface area contributed by atoms with Crippen LogP contribution in [0.2, 0.25) is 0 Å². The Kier molecular flexibility index (Phi) is 22.0. The van der Waals surface area contributed by atoms with Crippen LogP contribution in [0, 0.1) is 0 Å². The Hall–Kier alpha value is -6.04. The predicted octanol–water partition coefficient (Wildman–Crippen LogP) is 2.63. The van der Waals surface area contributed by atoms with E-state index < -0.39 is 96.5 Å². The Bertz CT molecular complexity index is 1740. The molecule has 3 atom stereocenters. The van der Waals surface area contributed by atoms with E-state index in [9.17, 15) is 43.5 Å². The third-order valence-electron chi connectivity index (χ3n) is 8.23. The summed E-state index contributed by atoms with van der Waals surface area (Å²) in [4.78, 5) is 103. The summed E-state index contributed by atoms with van der Waals surface area (Å²) < 4.78 is 21.2. The zero-order valence-electron chi connectivity index (χ0n) is 35.8. The maximum atomic E-state index is 13.6. The van der Waals surface area contributed by atoms with E-state index in [0.717, 1.165) is 5.56 Å². The summed E-state index contributed by atoms with van der Waals surface area (Å²) in [6, 6.07) is 13.8. The van der Waals surface area contributed by atoms with Crippen LogP contribution in [0.15, 0.2) is 60.7 Å². The number of ether oxygens (including phenoxy) is 4. The number of hydrogen-bond donors (Lipinski definition) is 6. The van der Waals surface area contributed by atoms with E-state index in [-0.39, 0.29) is 45.4 Å². The van der Waals surface area contributed by atoms with E-state index in [1.165, 1.54) is 0 Å². The van der Waals surface area contributed by atoms with Crippen LogP contribution in [0.5, 0.6) is 0 Å². The Morgan fingerprint density at radius 2 is 1.11 bits per heavy atom. The van der Waals surface area contributed by atoms with Gasteiger partial charge < -0.3 is 50.6 Å². The molecule has 18 heteroatoms. The second kappa shape index (κ2) is 26.2. The molecule has 0 saturated heterocycles. The third-order valence-corrected chi connectivity index (χ3v) is 8.23. The molecule has 18 nitrogen and oxygen atoms in total. The second-order valence-electron chi connectivity index (χ2n) is 16.0. The van der Waals surface area contributed by atoms with Gasteiger partial charge in [0.1, 0.15) is 55.7 Å². The molecular formula is C43H61N5O13. The molecule has 0 bridgehead atoms. The second-order valence-corrected chi connectivity index (χ2v) is 16.0. The van der Waals surface area contributed by atoms with Gasteiger partial charge in [0, 0.05) is 19.4 Å². The summed E-state index contributed by atoms with van der Waals surface area (Å²) in [6.45, 7) is 8.66. The molecule has 2 aromatic carbocycles. The van der Waals surface area contributed by atoms with Gasteiger partial charge in [0.2, 0.25) is 23.6 Å². The number of aliphatic hydroxyl groups excluding tert-OH is 1. The van der Waals surface area contributed by atoms with Gasteiger partial charge in [-0.15, -0.1) is 0 Å². The van der Waals surface area contributed by atoms with Gasteiger partial charge in [0.15, 0.2) is 0 Å². The van der Waals surface area contributed by atoms with Crippen LogP contribution in [0.25, 0.3) is 0 Å². The molecule has 0 aliphatic carbocycles. The van der Waals surface area contributed by atoms with Crippen LogP contribution in [0.4, 0.5) is 4.79 Å². The first-order chi connectivity index (χ1) is 28.7. The number of benzene rings is 2. The average Bonchev–Trinajstić information content (AvgIpc) is 3.19. The number of carbonyl (C=O) groups is 8.